The van der Waals surface area contributed by atoms with Gasteiger partial charge in [-0.15, -0.1) is 12.4 Å². The van der Waals surface area contributed by atoms with Crippen LogP contribution in [-0.2, 0) is 11.2 Å². The normalized spacial score (nSPS) is 20.1. The van der Waals surface area contributed by atoms with Crippen LogP contribution in [0.3, 0.4) is 0 Å². The minimum atomic E-state index is 0. The summed E-state index contributed by atoms with van der Waals surface area (Å²) in [7, 11) is 0. The molecule has 1 atom stereocenters. The van der Waals surface area contributed by atoms with Gasteiger partial charge < -0.3 is 14.8 Å². The van der Waals surface area contributed by atoms with Gasteiger partial charge >= 0.3 is 29.6 Å². The van der Waals surface area contributed by atoms with Crippen molar-refractivity contribution in [3.63, 3.8) is 0 Å². The molecule has 0 spiro atoms. The third-order valence-electron chi connectivity index (χ3n) is 3.22. The van der Waals surface area contributed by atoms with Gasteiger partial charge in [0.2, 0.25) is 0 Å². The second-order valence-electron chi connectivity index (χ2n) is 4.44. The summed E-state index contributed by atoms with van der Waals surface area (Å²) in [4.78, 5) is 0. The molecular formula is C14H19ClNNaO2. The zero-order valence-corrected chi connectivity index (χ0v) is 11.0. The fourth-order valence-electron chi connectivity index (χ4n) is 2.31. The molecular weight excluding hydrogens is 273 g/mol. The van der Waals surface area contributed by atoms with E-state index in [1.54, 1.807) is 0 Å². The number of morpholine rings is 1. The summed E-state index contributed by atoms with van der Waals surface area (Å²) in [5, 5.41) is 3.31. The number of allylic oxidation sites excluding steroid dienone is 1. The topological polar surface area (TPSA) is 30.5 Å². The van der Waals surface area contributed by atoms with Crippen LogP contribution in [0.4, 0.5) is 0 Å². The summed E-state index contributed by atoms with van der Waals surface area (Å²) in [6, 6.07) is 6.22. The van der Waals surface area contributed by atoms with Crippen molar-refractivity contribution >= 4 is 48.0 Å². The molecule has 1 aromatic rings. The fraction of sp³-hybridized carbons (Fsp3) is 0.429. The SMILES string of the molecule is C1=Cc2cccc(OCC3CNCCO3)c2C1.Cl.[NaH]. The van der Waals surface area contributed by atoms with E-state index in [1.165, 1.54) is 11.1 Å². The van der Waals surface area contributed by atoms with E-state index in [-0.39, 0.29) is 48.1 Å². The summed E-state index contributed by atoms with van der Waals surface area (Å²) in [6.45, 7) is 3.24. The van der Waals surface area contributed by atoms with Crippen molar-refractivity contribution in [2.75, 3.05) is 26.3 Å². The van der Waals surface area contributed by atoms with Gasteiger partial charge in [-0.1, -0.05) is 24.3 Å². The van der Waals surface area contributed by atoms with Crippen LogP contribution in [0.15, 0.2) is 24.3 Å². The van der Waals surface area contributed by atoms with E-state index in [0.717, 1.165) is 31.9 Å². The first-order valence-electron chi connectivity index (χ1n) is 6.17. The molecule has 1 fully saturated rings. The monoisotopic (exact) mass is 291 g/mol. The molecule has 19 heavy (non-hydrogen) atoms. The number of ether oxygens (including phenoxy) is 2. The number of benzene rings is 1. The first kappa shape index (κ1) is 17.0. The van der Waals surface area contributed by atoms with Gasteiger partial charge in [0.1, 0.15) is 18.5 Å². The Hall–Kier alpha value is -0.0300. The average Bonchev–Trinajstić information content (AvgIpc) is 2.86. The standard InChI is InChI=1S/C14H17NO2.ClH.Na.H/c1-3-11-4-2-6-14(13(11)5-1)17-10-12-9-15-7-8-16-12;;;/h1-4,6,12,15H,5,7-10H2;1H;;. The van der Waals surface area contributed by atoms with Crippen molar-refractivity contribution in [2.45, 2.75) is 12.5 Å². The Balaban J connectivity index is 0.000000902. The van der Waals surface area contributed by atoms with Crippen molar-refractivity contribution in [1.29, 1.82) is 0 Å². The molecule has 1 aliphatic heterocycles. The molecule has 0 amide bonds. The fourth-order valence-corrected chi connectivity index (χ4v) is 2.31. The molecule has 2 aliphatic rings. The van der Waals surface area contributed by atoms with Crippen LogP contribution in [0.5, 0.6) is 5.75 Å². The molecule has 5 heteroatoms. The zero-order chi connectivity index (χ0) is 11.5. The third-order valence-corrected chi connectivity index (χ3v) is 3.22. The molecule has 1 aromatic carbocycles. The Morgan fingerprint density at radius 1 is 1.37 bits per heavy atom. The average molecular weight is 292 g/mol. The number of hydrogen-bond acceptors (Lipinski definition) is 3. The minimum absolute atomic E-state index is 0. The van der Waals surface area contributed by atoms with Crippen molar-refractivity contribution < 1.29 is 9.47 Å². The summed E-state index contributed by atoms with van der Waals surface area (Å²) in [5.74, 6) is 1.00. The predicted molar refractivity (Wildman–Crippen MR) is 81.7 cm³/mol. The summed E-state index contributed by atoms with van der Waals surface area (Å²) >= 11 is 0. The van der Waals surface area contributed by atoms with Gasteiger partial charge in [0.15, 0.2) is 0 Å². The van der Waals surface area contributed by atoms with Crippen LogP contribution in [-0.4, -0.2) is 62.0 Å². The Labute approximate surface area is 142 Å². The molecule has 3 nitrogen and oxygen atoms in total. The Bertz CT molecular complexity index is 433. The van der Waals surface area contributed by atoms with Crippen LogP contribution < -0.4 is 10.1 Å². The van der Waals surface area contributed by atoms with Gasteiger partial charge in [0.05, 0.1) is 6.61 Å². The second-order valence-corrected chi connectivity index (χ2v) is 4.44. The molecule has 0 bridgehead atoms. The summed E-state index contributed by atoms with van der Waals surface area (Å²) in [5.41, 5.74) is 2.58. The molecule has 0 aromatic heterocycles. The number of fused-ring (bicyclic) bond motifs is 1. The Morgan fingerprint density at radius 2 is 2.26 bits per heavy atom. The molecule has 0 saturated carbocycles. The van der Waals surface area contributed by atoms with E-state index in [4.69, 9.17) is 9.47 Å². The zero-order valence-electron chi connectivity index (χ0n) is 10.2. The first-order valence-corrected chi connectivity index (χ1v) is 6.17. The van der Waals surface area contributed by atoms with E-state index in [9.17, 15) is 0 Å². The third kappa shape index (κ3) is 4.22. The van der Waals surface area contributed by atoms with E-state index in [2.05, 4.69) is 23.5 Å². The number of hydrogen-bond donors (Lipinski definition) is 1. The molecule has 1 heterocycles. The van der Waals surface area contributed by atoms with Gasteiger partial charge in [-0.25, -0.2) is 0 Å². The predicted octanol–water partition coefficient (Wildman–Crippen LogP) is 1.40. The summed E-state index contributed by atoms with van der Waals surface area (Å²) in [6.07, 6.45) is 5.49. The number of halogens is 1. The number of rotatable bonds is 3. The second kappa shape index (κ2) is 8.30. The van der Waals surface area contributed by atoms with Crippen LogP contribution in [0.2, 0.25) is 0 Å². The Kier molecular flexibility index (Phi) is 7.44. The molecule has 1 N–H and O–H groups in total. The van der Waals surface area contributed by atoms with Crippen LogP contribution >= 0.6 is 12.4 Å². The number of nitrogens with one attached hydrogen (secondary N) is 1. The van der Waals surface area contributed by atoms with Crippen LogP contribution in [0.25, 0.3) is 6.08 Å². The molecule has 100 valence electrons. The van der Waals surface area contributed by atoms with Crippen molar-refractivity contribution in [1.82, 2.24) is 5.32 Å². The van der Waals surface area contributed by atoms with E-state index >= 15 is 0 Å². The molecule has 1 aliphatic carbocycles. The van der Waals surface area contributed by atoms with E-state index in [0.29, 0.717) is 6.61 Å². The summed E-state index contributed by atoms with van der Waals surface area (Å²) < 4.78 is 11.5. The molecule has 1 saturated heterocycles. The maximum atomic E-state index is 5.88. The van der Waals surface area contributed by atoms with Gasteiger partial charge in [0.25, 0.3) is 0 Å². The van der Waals surface area contributed by atoms with Gasteiger partial charge in [-0.2, -0.15) is 0 Å². The van der Waals surface area contributed by atoms with Gasteiger partial charge in [-0.3, -0.25) is 0 Å². The van der Waals surface area contributed by atoms with Crippen LogP contribution in [0.1, 0.15) is 11.1 Å². The molecule has 3 rings (SSSR count). The van der Waals surface area contributed by atoms with Gasteiger partial charge in [-0.05, 0) is 18.1 Å². The molecule has 1 unspecified atom stereocenters. The Morgan fingerprint density at radius 3 is 3.05 bits per heavy atom. The van der Waals surface area contributed by atoms with Gasteiger partial charge in [0, 0.05) is 18.7 Å². The van der Waals surface area contributed by atoms with Crippen LogP contribution in [0, 0.1) is 0 Å². The van der Waals surface area contributed by atoms with Crippen molar-refractivity contribution in [3.8, 4) is 5.75 Å². The van der Waals surface area contributed by atoms with E-state index < -0.39 is 0 Å². The molecule has 0 radical (unpaired) electrons. The van der Waals surface area contributed by atoms with E-state index in [1.807, 2.05) is 12.1 Å². The van der Waals surface area contributed by atoms with Crippen molar-refractivity contribution in [2.24, 2.45) is 0 Å². The van der Waals surface area contributed by atoms with Crippen molar-refractivity contribution in [3.05, 3.63) is 35.4 Å². The quantitative estimate of drug-likeness (QED) is 0.854. The maximum absolute atomic E-state index is 5.88. The first-order chi connectivity index (χ1) is 8.43.